The van der Waals surface area contributed by atoms with E-state index in [0.29, 0.717) is 11.5 Å². The SMILES string of the molecule is FC(F)(F)c1ccccc1CNc1ccn2nccc2n1. The Kier molecular flexibility index (Phi) is 3.25. The molecule has 108 valence electrons. The van der Waals surface area contributed by atoms with Crippen LogP contribution >= 0.6 is 0 Å². The molecule has 0 aliphatic rings. The molecule has 0 bridgehead atoms. The first-order valence-corrected chi connectivity index (χ1v) is 6.23. The summed E-state index contributed by atoms with van der Waals surface area (Å²) in [5.74, 6) is 0.500. The van der Waals surface area contributed by atoms with Gasteiger partial charge in [0.15, 0.2) is 5.65 Å². The summed E-state index contributed by atoms with van der Waals surface area (Å²) in [4.78, 5) is 4.25. The normalized spacial score (nSPS) is 11.8. The minimum Gasteiger partial charge on any atom is -0.366 e. The smallest absolute Gasteiger partial charge is 0.366 e. The number of rotatable bonds is 3. The van der Waals surface area contributed by atoms with E-state index in [1.807, 2.05) is 0 Å². The molecule has 2 heterocycles. The van der Waals surface area contributed by atoms with Gasteiger partial charge in [-0.15, -0.1) is 0 Å². The third kappa shape index (κ3) is 2.81. The van der Waals surface area contributed by atoms with E-state index in [-0.39, 0.29) is 12.1 Å². The van der Waals surface area contributed by atoms with Crippen LogP contribution in [0, 0.1) is 0 Å². The van der Waals surface area contributed by atoms with Crippen molar-refractivity contribution in [3.63, 3.8) is 0 Å². The van der Waals surface area contributed by atoms with Crippen LogP contribution in [0.3, 0.4) is 0 Å². The Labute approximate surface area is 118 Å². The number of anilines is 1. The predicted octanol–water partition coefficient (Wildman–Crippen LogP) is 3.36. The van der Waals surface area contributed by atoms with Gasteiger partial charge in [0.05, 0.1) is 11.8 Å². The second kappa shape index (κ2) is 5.08. The molecule has 0 fully saturated rings. The largest absolute Gasteiger partial charge is 0.416 e. The molecule has 0 aliphatic carbocycles. The molecule has 1 N–H and O–H groups in total. The first-order chi connectivity index (χ1) is 10.0. The lowest BCUT2D eigenvalue weighted by molar-refractivity contribution is -0.138. The van der Waals surface area contributed by atoms with Crippen LogP contribution in [0.4, 0.5) is 19.0 Å². The fraction of sp³-hybridized carbons (Fsp3) is 0.143. The number of nitrogens with zero attached hydrogens (tertiary/aromatic N) is 3. The van der Waals surface area contributed by atoms with Gasteiger partial charge in [-0.25, -0.2) is 9.50 Å². The maximum atomic E-state index is 12.9. The monoisotopic (exact) mass is 292 g/mol. The Balaban J connectivity index is 1.81. The van der Waals surface area contributed by atoms with E-state index in [4.69, 9.17) is 0 Å². The Bertz CT molecular complexity index is 764. The van der Waals surface area contributed by atoms with Gasteiger partial charge in [-0.1, -0.05) is 18.2 Å². The summed E-state index contributed by atoms with van der Waals surface area (Å²) < 4.78 is 40.2. The van der Waals surface area contributed by atoms with Crippen molar-refractivity contribution < 1.29 is 13.2 Å². The van der Waals surface area contributed by atoms with Crippen LogP contribution in [0.15, 0.2) is 48.8 Å². The molecule has 2 aromatic heterocycles. The fourth-order valence-electron chi connectivity index (χ4n) is 2.05. The molecule has 0 saturated heterocycles. The lowest BCUT2D eigenvalue weighted by Crippen LogP contribution is -2.12. The summed E-state index contributed by atoms with van der Waals surface area (Å²) >= 11 is 0. The van der Waals surface area contributed by atoms with Gasteiger partial charge >= 0.3 is 6.18 Å². The summed E-state index contributed by atoms with van der Waals surface area (Å²) in [5, 5.41) is 6.91. The van der Waals surface area contributed by atoms with Gasteiger partial charge in [-0.2, -0.15) is 18.3 Å². The minimum absolute atomic E-state index is 0.0486. The van der Waals surface area contributed by atoms with Crippen LogP contribution in [0.2, 0.25) is 0 Å². The van der Waals surface area contributed by atoms with E-state index >= 15 is 0 Å². The van der Waals surface area contributed by atoms with E-state index in [2.05, 4.69) is 15.4 Å². The molecule has 3 rings (SSSR count). The molecular formula is C14H11F3N4. The average Bonchev–Trinajstić information content (AvgIpc) is 2.92. The standard InChI is InChI=1S/C14H11F3N4/c15-14(16,17)11-4-2-1-3-10(11)9-18-12-6-8-21-13(20-12)5-7-19-21/h1-8H,9H2,(H,18,20). The van der Waals surface area contributed by atoms with Gasteiger partial charge in [0.2, 0.25) is 0 Å². The van der Waals surface area contributed by atoms with E-state index in [1.165, 1.54) is 12.1 Å². The number of hydrogen-bond donors (Lipinski definition) is 1. The average molecular weight is 292 g/mol. The highest BCUT2D eigenvalue weighted by molar-refractivity contribution is 5.46. The molecule has 0 radical (unpaired) electrons. The Hall–Kier alpha value is -2.57. The maximum absolute atomic E-state index is 12.9. The highest BCUT2D eigenvalue weighted by Crippen LogP contribution is 2.32. The van der Waals surface area contributed by atoms with Crippen molar-refractivity contribution in [3.05, 3.63) is 59.9 Å². The lowest BCUT2D eigenvalue weighted by Gasteiger charge is -2.13. The van der Waals surface area contributed by atoms with Gasteiger partial charge in [-0.05, 0) is 17.7 Å². The molecular weight excluding hydrogens is 281 g/mol. The second-order valence-corrected chi connectivity index (χ2v) is 4.46. The molecule has 0 aliphatic heterocycles. The number of benzene rings is 1. The zero-order chi connectivity index (χ0) is 14.9. The number of nitrogens with one attached hydrogen (secondary N) is 1. The van der Waals surface area contributed by atoms with Crippen LogP contribution in [-0.2, 0) is 12.7 Å². The van der Waals surface area contributed by atoms with Crippen molar-refractivity contribution in [3.8, 4) is 0 Å². The van der Waals surface area contributed by atoms with Gasteiger partial charge in [-0.3, -0.25) is 0 Å². The fourth-order valence-corrected chi connectivity index (χ4v) is 2.05. The highest BCUT2D eigenvalue weighted by Gasteiger charge is 2.32. The van der Waals surface area contributed by atoms with E-state index in [0.717, 1.165) is 6.07 Å². The number of hydrogen-bond acceptors (Lipinski definition) is 3. The zero-order valence-corrected chi connectivity index (χ0v) is 10.8. The van der Waals surface area contributed by atoms with Crippen molar-refractivity contribution in [2.24, 2.45) is 0 Å². The maximum Gasteiger partial charge on any atom is 0.416 e. The quantitative estimate of drug-likeness (QED) is 0.805. The molecule has 3 aromatic rings. The topological polar surface area (TPSA) is 42.2 Å². The van der Waals surface area contributed by atoms with Crippen LogP contribution in [0.1, 0.15) is 11.1 Å². The lowest BCUT2D eigenvalue weighted by atomic mass is 10.1. The summed E-state index contributed by atoms with van der Waals surface area (Å²) in [7, 11) is 0. The molecule has 0 spiro atoms. The minimum atomic E-state index is -4.36. The number of halogens is 3. The van der Waals surface area contributed by atoms with Crippen molar-refractivity contribution in [2.75, 3.05) is 5.32 Å². The van der Waals surface area contributed by atoms with Crippen molar-refractivity contribution >= 4 is 11.5 Å². The molecule has 0 amide bonds. The third-order valence-corrected chi connectivity index (χ3v) is 3.04. The molecule has 0 saturated carbocycles. The molecule has 0 atom stereocenters. The molecule has 1 aromatic carbocycles. The molecule has 0 unspecified atom stereocenters. The third-order valence-electron chi connectivity index (χ3n) is 3.04. The Morgan fingerprint density at radius 2 is 1.90 bits per heavy atom. The summed E-state index contributed by atoms with van der Waals surface area (Å²) in [6.07, 6.45) is -1.06. The van der Waals surface area contributed by atoms with Crippen molar-refractivity contribution in [1.82, 2.24) is 14.6 Å². The summed E-state index contributed by atoms with van der Waals surface area (Å²) in [6, 6.07) is 8.87. The zero-order valence-electron chi connectivity index (χ0n) is 10.8. The first kappa shape index (κ1) is 13.4. The number of fused-ring (bicyclic) bond motifs is 1. The predicted molar refractivity (Wildman–Crippen MR) is 71.8 cm³/mol. The highest BCUT2D eigenvalue weighted by atomic mass is 19.4. The summed E-state index contributed by atoms with van der Waals surface area (Å²) in [5.41, 5.74) is 0.173. The Morgan fingerprint density at radius 3 is 2.71 bits per heavy atom. The summed E-state index contributed by atoms with van der Waals surface area (Å²) in [6.45, 7) is 0.0486. The van der Waals surface area contributed by atoms with Crippen LogP contribution in [0.25, 0.3) is 5.65 Å². The van der Waals surface area contributed by atoms with E-state index in [9.17, 15) is 13.2 Å². The molecule has 4 nitrogen and oxygen atoms in total. The van der Waals surface area contributed by atoms with Crippen molar-refractivity contribution in [2.45, 2.75) is 12.7 Å². The van der Waals surface area contributed by atoms with Crippen LogP contribution in [-0.4, -0.2) is 14.6 Å². The van der Waals surface area contributed by atoms with Gasteiger partial charge in [0, 0.05) is 18.8 Å². The number of aromatic nitrogens is 3. The van der Waals surface area contributed by atoms with Gasteiger partial charge in [0.1, 0.15) is 5.82 Å². The molecule has 7 heteroatoms. The second-order valence-electron chi connectivity index (χ2n) is 4.46. The number of alkyl halides is 3. The molecule has 21 heavy (non-hydrogen) atoms. The van der Waals surface area contributed by atoms with Crippen LogP contribution < -0.4 is 5.32 Å². The van der Waals surface area contributed by atoms with E-state index in [1.54, 1.807) is 35.1 Å². The van der Waals surface area contributed by atoms with Crippen molar-refractivity contribution in [1.29, 1.82) is 0 Å². The first-order valence-electron chi connectivity index (χ1n) is 6.23. The van der Waals surface area contributed by atoms with Gasteiger partial charge in [0.25, 0.3) is 0 Å². The van der Waals surface area contributed by atoms with Crippen LogP contribution in [0.5, 0.6) is 0 Å². The Morgan fingerprint density at radius 1 is 1.10 bits per heavy atom. The van der Waals surface area contributed by atoms with E-state index < -0.39 is 11.7 Å². The van der Waals surface area contributed by atoms with Gasteiger partial charge < -0.3 is 5.32 Å².